The van der Waals surface area contributed by atoms with E-state index in [0.29, 0.717) is 27.7 Å². The number of aliphatic imine (C=N–C) groups is 1. The SMILES string of the molecule is COc1ccc(N/C(=N\c2nc(C)cc(=O)[nH]2)NC(=O)c2cccc(Cl)c2)cc1. The molecule has 3 rings (SSSR count). The van der Waals surface area contributed by atoms with Crippen molar-refractivity contribution in [1.29, 1.82) is 0 Å². The maximum Gasteiger partial charge on any atom is 0.258 e. The minimum Gasteiger partial charge on any atom is -0.497 e. The number of benzene rings is 2. The number of methoxy groups -OCH3 is 1. The second kappa shape index (κ2) is 9.03. The number of guanidine groups is 1. The van der Waals surface area contributed by atoms with Gasteiger partial charge >= 0.3 is 0 Å². The zero-order valence-corrected chi connectivity index (χ0v) is 16.4. The molecule has 3 aromatic rings. The van der Waals surface area contributed by atoms with Crippen molar-refractivity contribution in [2.45, 2.75) is 6.92 Å². The maximum absolute atomic E-state index is 12.6. The summed E-state index contributed by atoms with van der Waals surface area (Å²) >= 11 is 5.96. The summed E-state index contributed by atoms with van der Waals surface area (Å²) in [5.74, 6) is 0.384. The van der Waals surface area contributed by atoms with Crippen LogP contribution >= 0.6 is 11.6 Å². The zero-order valence-electron chi connectivity index (χ0n) is 15.7. The van der Waals surface area contributed by atoms with Gasteiger partial charge in [-0.05, 0) is 49.4 Å². The van der Waals surface area contributed by atoms with Crippen molar-refractivity contribution in [2.75, 3.05) is 12.4 Å². The van der Waals surface area contributed by atoms with E-state index in [2.05, 4.69) is 25.6 Å². The van der Waals surface area contributed by atoms with E-state index in [0.717, 1.165) is 0 Å². The fourth-order valence-corrected chi connectivity index (χ4v) is 2.62. The first-order chi connectivity index (χ1) is 13.9. The number of aromatic amines is 1. The van der Waals surface area contributed by atoms with Crippen molar-refractivity contribution in [3.63, 3.8) is 0 Å². The van der Waals surface area contributed by atoms with E-state index < -0.39 is 5.91 Å². The third-order valence-electron chi connectivity index (χ3n) is 3.75. The van der Waals surface area contributed by atoms with Crippen molar-refractivity contribution in [3.05, 3.63) is 81.2 Å². The summed E-state index contributed by atoms with van der Waals surface area (Å²) in [5.41, 5.74) is 1.15. The molecule has 0 saturated carbocycles. The number of nitrogens with zero attached hydrogens (tertiary/aromatic N) is 2. The number of hydrogen-bond donors (Lipinski definition) is 3. The van der Waals surface area contributed by atoms with Crippen LogP contribution in [0.15, 0.2) is 64.4 Å². The van der Waals surface area contributed by atoms with Crippen molar-refractivity contribution >= 4 is 35.1 Å². The number of ether oxygens (including phenoxy) is 1. The van der Waals surface area contributed by atoms with Gasteiger partial charge in [0.05, 0.1) is 7.11 Å². The standard InChI is InChI=1S/C20H18ClN5O3/c1-12-10-17(27)24-19(22-12)26-20(23-15-6-8-16(29-2)9-7-15)25-18(28)13-4-3-5-14(21)11-13/h3-11H,1-2H3,(H3,22,23,24,25,26,27,28). The van der Waals surface area contributed by atoms with Crippen molar-refractivity contribution in [1.82, 2.24) is 15.3 Å². The Balaban J connectivity index is 1.92. The number of aromatic nitrogens is 2. The van der Waals surface area contributed by atoms with Gasteiger partial charge in [0.25, 0.3) is 11.5 Å². The molecule has 0 bridgehead atoms. The lowest BCUT2D eigenvalue weighted by Gasteiger charge is -2.12. The van der Waals surface area contributed by atoms with Crippen LogP contribution in [-0.2, 0) is 0 Å². The predicted molar refractivity (Wildman–Crippen MR) is 112 cm³/mol. The number of H-pyrrole nitrogens is 1. The number of carbonyl (C=O) groups is 1. The summed E-state index contributed by atoms with van der Waals surface area (Å²) in [6.07, 6.45) is 0. The van der Waals surface area contributed by atoms with Crippen LogP contribution in [0.25, 0.3) is 0 Å². The number of aryl methyl sites for hydroxylation is 1. The smallest absolute Gasteiger partial charge is 0.258 e. The molecule has 0 saturated heterocycles. The number of hydrogen-bond acceptors (Lipinski definition) is 5. The highest BCUT2D eigenvalue weighted by atomic mass is 35.5. The van der Waals surface area contributed by atoms with E-state index in [1.807, 2.05) is 0 Å². The number of carbonyl (C=O) groups excluding carboxylic acids is 1. The van der Waals surface area contributed by atoms with Crippen LogP contribution in [0.3, 0.4) is 0 Å². The molecule has 0 aliphatic rings. The summed E-state index contributed by atoms with van der Waals surface area (Å²) in [5, 5.41) is 6.11. The summed E-state index contributed by atoms with van der Waals surface area (Å²) in [7, 11) is 1.57. The van der Waals surface area contributed by atoms with E-state index in [-0.39, 0.29) is 17.5 Å². The van der Waals surface area contributed by atoms with Gasteiger partial charge in [-0.25, -0.2) is 4.98 Å². The van der Waals surface area contributed by atoms with Gasteiger partial charge in [0.1, 0.15) is 5.75 Å². The minimum atomic E-state index is -0.428. The zero-order chi connectivity index (χ0) is 20.8. The Morgan fingerprint density at radius 3 is 2.59 bits per heavy atom. The Hall–Kier alpha value is -3.65. The molecule has 1 aromatic heterocycles. The Kier molecular flexibility index (Phi) is 6.25. The van der Waals surface area contributed by atoms with Crippen molar-refractivity contribution < 1.29 is 9.53 Å². The lowest BCUT2D eigenvalue weighted by atomic mass is 10.2. The lowest BCUT2D eigenvalue weighted by molar-refractivity contribution is 0.0977. The van der Waals surface area contributed by atoms with Crippen LogP contribution < -0.4 is 20.9 Å². The normalized spacial score (nSPS) is 11.1. The number of nitrogens with one attached hydrogen (secondary N) is 3. The summed E-state index contributed by atoms with van der Waals surface area (Å²) < 4.78 is 5.14. The Labute approximate surface area is 171 Å². The van der Waals surface area contributed by atoms with Gasteiger partial charge < -0.3 is 10.1 Å². The molecule has 3 N–H and O–H groups in total. The van der Waals surface area contributed by atoms with Gasteiger partial charge in [-0.1, -0.05) is 17.7 Å². The Bertz CT molecular complexity index is 1110. The Morgan fingerprint density at radius 2 is 1.93 bits per heavy atom. The van der Waals surface area contributed by atoms with E-state index >= 15 is 0 Å². The topological polar surface area (TPSA) is 108 Å². The van der Waals surface area contributed by atoms with Gasteiger partial charge in [0, 0.05) is 28.0 Å². The van der Waals surface area contributed by atoms with Crippen molar-refractivity contribution in [2.24, 2.45) is 4.99 Å². The largest absolute Gasteiger partial charge is 0.497 e. The highest BCUT2D eigenvalue weighted by Gasteiger charge is 2.11. The summed E-state index contributed by atoms with van der Waals surface area (Å²) in [6.45, 7) is 1.68. The molecule has 0 spiro atoms. The fraction of sp³-hybridized carbons (Fsp3) is 0.100. The highest BCUT2D eigenvalue weighted by Crippen LogP contribution is 2.16. The van der Waals surface area contributed by atoms with E-state index in [4.69, 9.17) is 16.3 Å². The average Bonchev–Trinajstić information content (AvgIpc) is 2.67. The molecule has 8 nitrogen and oxygen atoms in total. The lowest BCUT2D eigenvalue weighted by Crippen LogP contribution is -2.36. The van der Waals surface area contributed by atoms with Crippen LogP contribution in [0.2, 0.25) is 5.02 Å². The molecule has 0 aliphatic carbocycles. The first kappa shape index (κ1) is 20.1. The molecule has 0 fully saturated rings. The quantitative estimate of drug-likeness (QED) is 0.451. The Morgan fingerprint density at radius 1 is 1.17 bits per heavy atom. The molecule has 2 aromatic carbocycles. The molecule has 29 heavy (non-hydrogen) atoms. The number of amides is 1. The first-order valence-corrected chi connectivity index (χ1v) is 8.95. The average molecular weight is 412 g/mol. The van der Waals surface area contributed by atoms with Gasteiger partial charge in [0.2, 0.25) is 11.9 Å². The molecule has 0 radical (unpaired) electrons. The van der Waals surface area contributed by atoms with Crippen LogP contribution in [0.5, 0.6) is 5.75 Å². The summed E-state index contributed by atoms with van der Waals surface area (Å²) in [6, 6.07) is 14.9. The molecular weight excluding hydrogens is 394 g/mol. The second-order valence-electron chi connectivity index (χ2n) is 5.99. The van der Waals surface area contributed by atoms with Crippen molar-refractivity contribution in [3.8, 4) is 5.75 Å². The molecule has 1 heterocycles. The van der Waals surface area contributed by atoms with Crippen LogP contribution in [-0.4, -0.2) is 28.9 Å². The van der Waals surface area contributed by atoms with Gasteiger partial charge in [-0.3, -0.25) is 19.9 Å². The first-order valence-electron chi connectivity index (χ1n) is 8.57. The van der Waals surface area contributed by atoms with Gasteiger partial charge in [0.15, 0.2) is 0 Å². The monoisotopic (exact) mass is 411 g/mol. The second-order valence-corrected chi connectivity index (χ2v) is 6.43. The highest BCUT2D eigenvalue weighted by molar-refractivity contribution is 6.31. The van der Waals surface area contributed by atoms with E-state index in [1.165, 1.54) is 12.1 Å². The van der Waals surface area contributed by atoms with E-state index in [9.17, 15) is 9.59 Å². The molecule has 0 atom stereocenters. The fourth-order valence-electron chi connectivity index (χ4n) is 2.43. The van der Waals surface area contributed by atoms with Crippen LogP contribution in [0.4, 0.5) is 11.6 Å². The van der Waals surface area contributed by atoms with Crippen LogP contribution in [0.1, 0.15) is 16.1 Å². The number of halogens is 1. The number of anilines is 1. The molecule has 1 amide bonds. The third kappa shape index (κ3) is 5.66. The number of rotatable bonds is 4. The van der Waals surface area contributed by atoms with Crippen LogP contribution in [0, 0.1) is 6.92 Å². The molecule has 0 aliphatic heterocycles. The van der Waals surface area contributed by atoms with Gasteiger partial charge in [-0.2, -0.15) is 4.99 Å². The predicted octanol–water partition coefficient (Wildman–Crippen LogP) is 3.27. The molecule has 0 unspecified atom stereocenters. The summed E-state index contributed by atoms with van der Waals surface area (Å²) in [4.78, 5) is 35.2. The molecule has 148 valence electrons. The molecule has 9 heteroatoms. The van der Waals surface area contributed by atoms with Gasteiger partial charge in [-0.15, -0.1) is 0 Å². The molecular formula is C20H18ClN5O3. The third-order valence-corrected chi connectivity index (χ3v) is 3.98. The van der Waals surface area contributed by atoms with E-state index in [1.54, 1.807) is 56.5 Å². The minimum absolute atomic E-state index is 0.0532. The maximum atomic E-state index is 12.6.